The summed E-state index contributed by atoms with van der Waals surface area (Å²) in [4.78, 5) is 0. The minimum Gasteiger partial charge on any atom is -0.392 e. The SMILES string of the molecule is N#C/C=C(/CO)Cc1ccccc1. The summed E-state index contributed by atoms with van der Waals surface area (Å²) in [6.07, 6.45) is 2.04. The fraction of sp³-hybridized carbons (Fsp3) is 0.182. The Morgan fingerprint density at radius 1 is 1.38 bits per heavy atom. The Labute approximate surface area is 77.8 Å². The molecule has 0 aliphatic rings. The van der Waals surface area contributed by atoms with Crippen LogP contribution in [0.4, 0.5) is 0 Å². The van der Waals surface area contributed by atoms with E-state index in [2.05, 4.69) is 0 Å². The van der Waals surface area contributed by atoms with E-state index >= 15 is 0 Å². The van der Waals surface area contributed by atoms with Crippen LogP contribution in [0.1, 0.15) is 5.56 Å². The number of hydrogen-bond acceptors (Lipinski definition) is 2. The van der Waals surface area contributed by atoms with Gasteiger partial charge in [0.1, 0.15) is 0 Å². The number of allylic oxidation sites excluding steroid dienone is 1. The highest BCUT2D eigenvalue weighted by Gasteiger charge is 1.96. The van der Waals surface area contributed by atoms with E-state index in [0.717, 1.165) is 11.1 Å². The van der Waals surface area contributed by atoms with E-state index in [0.29, 0.717) is 6.42 Å². The molecule has 0 amide bonds. The molecule has 1 aromatic carbocycles. The molecule has 0 saturated carbocycles. The number of nitrogens with zero attached hydrogens (tertiary/aromatic N) is 1. The Bertz CT molecular complexity index is 322. The van der Waals surface area contributed by atoms with Gasteiger partial charge in [0.2, 0.25) is 0 Å². The van der Waals surface area contributed by atoms with Gasteiger partial charge in [-0.15, -0.1) is 0 Å². The van der Waals surface area contributed by atoms with Crippen LogP contribution in [0.5, 0.6) is 0 Å². The van der Waals surface area contributed by atoms with Crippen molar-refractivity contribution < 1.29 is 5.11 Å². The van der Waals surface area contributed by atoms with Crippen LogP contribution in [0.3, 0.4) is 0 Å². The maximum Gasteiger partial charge on any atom is 0.0912 e. The summed E-state index contributed by atoms with van der Waals surface area (Å²) in [7, 11) is 0. The summed E-state index contributed by atoms with van der Waals surface area (Å²) in [6, 6.07) is 11.7. The van der Waals surface area contributed by atoms with Crippen LogP contribution in [-0.4, -0.2) is 11.7 Å². The van der Waals surface area contributed by atoms with Crippen molar-refractivity contribution in [2.75, 3.05) is 6.61 Å². The molecule has 0 heterocycles. The highest BCUT2D eigenvalue weighted by molar-refractivity contribution is 5.24. The second-order valence-corrected chi connectivity index (χ2v) is 2.75. The molecule has 2 nitrogen and oxygen atoms in total. The number of rotatable bonds is 3. The Hall–Kier alpha value is -1.59. The van der Waals surface area contributed by atoms with Gasteiger partial charge in [0, 0.05) is 6.08 Å². The fourth-order valence-electron chi connectivity index (χ4n) is 1.10. The standard InChI is InChI=1S/C11H11NO/c12-7-6-11(9-13)8-10-4-2-1-3-5-10/h1-6,13H,8-9H2/b11-6+. The van der Waals surface area contributed by atoms with E-state index in [9.17, 15) is 0 Å². The van der Waals surface area contributed by atoms with Gasteiger partial charge in [0.25, 0.3) is 0 Å². The molecule has 0 atom stereocenters. The van der Waals surface area contributed by atoms with E-state index in [1.165, 1.54) is 6.08 Å². The van der Waals surface area contributed by atoms with Crippen molar-refractivity contribution in [1.82, 2.24) is 0 Å². The number of nitriles is 1. The quantitative estimate of drug-likeness (QED) is 0.706. The van der Waals surface area contributed by atoms with Crippen LogP contribution in [0.15, 0.2) is 42.0 Å². The van der Waals surface area contributed by atoms with Gasteiger partial charge in [-0.2, -0.15) is 5.26 Å². The van der Waals surface area contributed by atoms with E-state index in [1.807, 2.05) is 36.4 Å². The monoisotopic (exact) mass is 173 g/mol. The summed E-state index contributed by atoms with van der Waals surface area (Å²) in [5.41, 5.74) is 1.85. The predicted molar refractivity (Wildman–Crippen MR) is 50.9 cm³/mol. The molecule has 13 heavy (non-hydrogen) atoms. The van der Waals surface area contributed by atoms with Gasteiger partial charge >= 0.3 is 0 Å². The predicted octanol–water partition coefficient (Wildman–Crippen LogP) is 1.67. The lowest BCUT2D eigenvalue weighted by molar-refractivity contribution is 0.328. The Morgan fingerprint density at radius 2 is 2.08 bits per heavy atom. The minimum absolute atomic E-state index is 0.0531. The zero-order valence-electron chi connectivity index (χ0n) is 7.27. The number of aliphatic hydroxyl groups excluding tert-OH is 1. The third kappa shape index (κ3) is 3.10. The highest BCUT2D eigenvalue weighted by Crippen LogP contribution is 2.06. The Morgan fingerprint density at radius 3 is 2.62 bits per heavy atom. The van der Waals surface area contributed by atoms with E-state index < -0.39 is 0 Å². The van der Waals surface area contributed by atoms with Gasteiger partial charge < -0.3 is 5.11 Å². The normalized spacial score (nSPS) is 10.9. The number of benzene rings is 1. The number of hydrogen-bond donors (Lipinski definition) is 1. The smallest absolute Gasteiger partial charge is 0.0912 e. The molecule has 0 unspecified atom stereocenters. The zero-order valence-corrected chi connectivity index (χ0v) is 7.27. The largest absolute Gasteiger partial charge is 0.392 e. The summed E-state index contributed by atoms with van der Waals surface area (Å²) in [5, 5.41) is 17.3. The van der Waals surface area contributed by atoms with Gasteiger partial charge in [-0.1, -0.05) is 30.3 Å². The topological polar surface area (TPSA) is 44.0 Å². The first-order valence-corrected chi connectivity index (χ1v) is 4.09. The summed E-state index contributed by atoms with van der Waals surface area (Å²) in [6.45, 7) is -0.0531. The van der Waals surface area contributed by atoms with Crippen LogP contribution in [0, 0.1) is 11.3 Å². The molecule has 66 valence electrons. The molecule has 0 spiro atoms. The second kappa shape index (κ2) is 5.13. The van der Waals surface area contributed by atoms with E-state index in [4.69, 9.17) is 10.4 Å². The lowest BCUT2D eigenvalue weighted by atomic mass is 10.1. The summed E-state index contributed by atoms with van der Waals surface area (Å²) in [5.74, 6) is 0. The third-order valence-electron chi connectivity index (χ3n) is 1.75. The van der Waals surface area contributed by atoms with E-state index in [1.54, 1.807) is 0 Å². The molecule has 1 rings (SSSR count). The van der Waals surface area contributed by atoms with Crippen LogP contribution in [-0.2, 0) is 6.42 Å². The van der Waals surface area contributed by atoms with Gasteiger partial charge in [-0.05, 0) is 17.6 Å². The van der Waals surface area contributed by atoms with Gasteiger partial charge in [0.15, 0.2) is 0 Å². The summed E-state index contributed by atoms with van der Waals surface area (Å²) >= 11 is 0. The average Bonchev–Trinajstić information content (AvgIpc) is 2.19. The first kappa shape index (κ1) is 9.50. The molecule has 0 radical (unpaired) electrons. The van der Waals surface area contributed by atoms with E-state index in [-0.39, 0.29) is 6.61 Å². The minimum atomic E-state index is -0.0531. The molecule has 0 aliphatic heterocycles. The van der Waals surface area contributed by atoms with Crippen molar-refractivity contribution in [3.05, 3.63) is 47.5 Å². The lowest BCUT2D eigenvalue weighted by Gasteiger charge is -2.01. The van der Waals surface area contributed by atoms with Gasteiger partial charge in [-0.25, -0.2) is 0 Å². The van der Waals surface area contributed by atoms with Crippen molar-refractivity contribution in [2.45, 2.75) is 6.42 Å². The second-order valence-electron chi connectivity index (χ2n) is 2.75. The van der Waals surface area contributed by atoms with Crippen LogP contribution in [0.2, 0.25) is 0 Å². The molecule has 0 saturated heterocycles. The van der Waals surface area contributed by atoms with Crippen molar-refractivity contribution in [2.24, 2.45) is 0 Å². The summed E-state index contributed by atoms with van der Waals surface area (Å²) < 4.78 is 0. The van der Waals surface area contributed by atoms with Crippen LogP contribution >= 0.6 is 0 Å². The highest BCUT2D eigenvalue weighted by atomic mass is 16.3. The van der Waals surface area contributed by atoms with Crippen LogP contribution in [0.25, 0.3) is 0 Å². The molecule has 0 aliphatic carbocycles. The van der Waals surface area contributed by atoms with Crippen molar-refractivity contribution in [3.63, 3.8) is 0 Å². The first-order valence-electron chi connectivity index (χ1n) is 4.09. The van der Waals surface area contributed by atoms with Crippen LogP contribution < -0.4 is 0 Å². The average molecular weight is 173 g/mol. The van der Waals surface area contributed by atoms with Crippen molar-refractivity contribution in [1.29, 1.82) is 5.26 Å². The Balaban J connectivity index is 2.69. The Kier molecular flexibility index (Phi) is 3.74. The van der Waals surface area contributed by atoms with Crippen molar-refractivity contribution in [3.8, 4) is 6.07 Å². The molecular weight excluding hydrogens is 162 g/mol. The molecule has 1 aromatic rings. The van der Waals surface area contributed by atoms with Crippen molar-refractivity contribution >= 4 is 0 Å². The molecule has 0 aromatic heterocycles. The molecular formula is C11H11NO. The lowest BCUT2D eigenvalue weighted by Crippen LogP contribution is -1.95. The number of aliphatic hydroxyl groups is 1. The maximum atomic E-state index is 8.90. The zero-order chi connectivity index (χ0) is 9.52. The molecule has 0 fully saturated rings. The fourth-order valence-corrected chi connectivity index (χ4v) is 1.10. The maximum absolute atomic E-state index is 8.90. The third-order valence-corrected chi connectivity index (χ3v) is 1.75. The molecule has 2 heteroatoms. The van der Waals surface area contributed by atoms with Gasteiger partial charge in [0.05, 0.1) is 12.7 Å². The molecule has 1 N–H and O–H groups in total. The molecule has 0 bridgehead atoms. The first-order chi connectivity index (χ1) is 6.36. The van der Waals surface area contributed by atoms with Gasteiger partial charge in [-0.3, -0.25) is 0 Å².